The number of carbonyl (C=O) groups is 2. The van der Waals surface area contributed by atoms with Gasteiger partial charge in [-0.1, -0.05) is 0 Å². The van der Waals surface area contributed by atoms with Crippen LogP contribution in [0.3, 0.4) is 0 Å². The first-order valence-corrected chi connectivity index (χ1v) is 10.9. The van der Waals surface area contributed by atoms with E-state index in [0.717, 1.165) is 4.90 Å². The molecule has 3 aliphatic heterocycles. The number of rotatable bonds is 4. The van der Waals surface area contributed by atoms with Crippen LogP contribution in [0.25, 0.3) is 0 Å². The van der Waals surface area contributed by atoms with E-state index in [1.165, 1.54) is 33.5 Å². The molecule has 0 aliphatic carbocycles. The number of benzene rings is 1. The van der Waals surface area contributed by atoms with Crippen LogP contribution >= 0.6 is 0 Å². The summed E-state index contributed by atoms with van der Waals surface area (Å²) in [5, 5.41) is 0. The molecule has 28 heavy (non-hydrogen) atoms. The van der Waals surface area contributed by atoms with Gasteiger partial charge in [-0.05, 0) is 24.3 Å². The van der Waals surface area contributed by atoms with Gasteiger partial charge in [0.1, 0.15) is 13.1 Å². The third-order valence-corrected chi connectivity index (χ3v) is 7.39. The number of hydrogen-bond donors (Lipinski definition) is 1. The molecule has 3 saturated heterocycles. The minimum absolute atomic E-state index is 0.146. The molecule has 1 N–H and O–H groups in total. The second-order valence-corrected chi connectivity index (χ2v) is 9.04. The number of morpholine rings is 2. The van der Waals surface area contributed by atoms with Gasteiger partial charge in [-0.2, -0.15) is 4.31 Å². The number of nitrogens with one attached hydrogen (secondary N) is 1. The Hall–Kier alpha value is -1.85. The molecule has 1 atom stereocenters. The van der Waals surface area contributed by atoms with Gasteiger partial charge in [-0.3, -0.25) is 9.59 Å². The summed E-state index contributed by atoms with van der Waals surface area (Å²) in [5.41, 5.74) is 0.408. The number of quaternary nitrogens is 1. The van der Waals surface area contributed by atoms with Gasteiger partial charge in [-0.25, -0.2) is 13.3 Å². The van der Waals surface area contributed by atoms with Crippen molar-refractivity contribution in [1.82, 2.24) is 4.31 Å². The van der Waals surface area contributed by atoms with Crippen molar-refractivity contribution in [2.45, 2.75) is 17.4 Å². The number of ether oxygens (including phenoxy) is 2. The largest absolute Gasteiger partial charge is 0.379 e. The Morgan fingerprint density at radius 2 is 1.54 bits per heavy atom. The van der Waals surface area contributed by atoms with Crippen molar-refractivity contribution >= 4 is 27.5 Å². The Kier molecular flexibility index (Phi) is 5.48. The molecule has 9 nitrogen and oxygen atoms in total. The molecule has 0 bridgehead atoms. The molecular formula is C18H24N3O6S+. The highest BCUT2D eigenvalue weighted by Gasteiger charge is 2.46. The van der Waals surface area contributed by atoms with Crippen molar-refractivity contribution in [1.29, 1.82) is 0 Å². The first kappa shape index (κ1) is 19.5. The number of imide groups is 1. The zero-order chi connectivity index (χ0) is 19.7. The van der Waals surface area contributed by atoms with E-state index in [1.807, 2.05) is 0 Å². The van der Waals surface area contributed by atoms with Crippen LogP contribution in [-0.2, 0) is 29.1 Å². The first-order chi connectivity index (χ1) is 13.5. The molecule has 4 rings (SSSR count). The number of nitrogens with zero attached hydrogens (tertiary/aromatic N) is 2. The first-order valence-electron chi connectivity index (χ1n) is 9.45. The van der Waals surface area contributed by atoms with Gasteiger partial charge in [0.15, 0.2) is 6.04 Å². The maximum absolute atomic E-state index is 12.8. The van der Waals surface area contributed by atoms with Crippen molar-refractivity contribution in [3.8, 4) is 0 Å². The van der Waals surface area contributed by atoms with E-state index in [9.17, 15) is 18.0 Å². The number of sulfonamides is 1. The molecule has 1 aromatic rings. The lowest BCUT2D eigenvalue weighted by Gasteiger charge is -2.27. The second kappa shape index (κ2) is 7.88. The molecular weight excluding hydrogens is 386 g/mol. The minimum atomic E-state index is -3.61. The molecule has 10 heteroatoms. The molecule has 2 amide bonds. The fourth-order valence-electron chi connectivity index (χ4n) is 3.91. The summed E-state index contributed by atoms with van der Waals surface area (Å²) in [6.45, 7) is 3.96. The van der Waals surface area contributed by atoms with Gasteiger partial charge in [0, 0.05) is 13.1 Å². The molecule has 0 aromatic heterocycles. The standard InChI is InChI=1S/C18H23N3O6S/c22-17-13-16(19-5-9-26-10-6-19)18(23)21(17)14-1-3-15(4-2-14)28(24,25)20-7-11-27-12-8-20/h1-4,16H,5-13H2/p+1/t16-/m1/s1. The molecule has 3 aliphatic rings. The summed E-state index contributed by atoms with van der Waals surface area (Å²) in [5.74, 6) is -0.483. The maximum Gasteiger partial charge on any atom is 0.292 e. The molecule has 0 spiro atoms. The molecule has 1 aromatic carbocycles. The molecule has 152 valence electrons. The van der Waals surface area contributed by atoms with Crippen molar-refractivity contribution in [2.75, 3.05) is 57.5 Å². The fraction of sp³-hybridized carbons (Fsp3) is 0.556. The maximum atomic E-state index is 12.8. The topological polar surface area (TPSA) is 97.7 Å². The highest BCUT2D eigenvalue weighted by molar-refractivity contribution is 7.89. The van der Waals surface area contributed by atoms with Crippen molar-refractivity contribution in [3.63, 3.8) is 0 Å². The second-order valence-electron chi connectivity index (χ2n) is 7.11. The third-order valence-electron chi connectivity index (χ3n) is 5.48. The monoisotopic (exact) mass is 410 g/mol. The average Bonchev–Trinajstić information content (AvgIpc) is 3.03. The molecule has 0 saturated carbocycles. The zero-order valence-corrected chi connectivity index (χ0v) is 16.3. The summed E-state index contributed by atoms with van der Waals surface area (Å²) >= 11 is 0. The fourth-order valence-corrected chi connectivity index (χ4v) is 5.32. The van der Waals surface area contributed by atoms with E-state index in [-0.39, 0.29) is 23.1 Å². The molecule has 0 radical (unpaired) electrons. The minimum Gasteiger partial charge on any atom is -0.379 e. The Bertz CT molecular complexity index is 845. The number of carbonyl (C=O) groups excluding carboxylic acids is 2. The van der Waals surface area contributed by atoms with E-state index in [1.54, 1.807) is 0 Å². The van der Waals surface area contributed by atoms with Crippen molar-refractivity contribution in [2.24, 2.45) is 0 Å². The molecule has 3 heterocycles. The predicted molar refractivity (Wildman–Crippen MR) is 98.4 cm³/mol. The van der Waals surface area contributed by atoms with Crippen LogP contribution in [0.15, 0.2) is 29.2 Å². The Morgan fingerprint density at radius 3 is 2.18 bits per heavy atom. The number of anilines is 1. The summed E-state index contributed by atoms with van der Waals surface area (Å²) in [4.78, 5) is 27.7. The van der Waals surface area contributed by atoms with Gasteiger partial charge in [-0.15, -0.1) is 0 Å². The lowest BCUT2D eigenvalue weighted by molar-refractivity contribution is -0.922. The third kappa shape index (κ3) is 3.58. The predicted octanol–water partition coefficient (Wildman–Crippen LogP) is -1.75. The van der Waals surface area contributed by atoms with Crippen LogP contribution in [-0.4, -0.2) is 83.2 Å². The van der Waals surface area contributed by atoms with Gasteiger partial charge in [0.25, 0.3) is 5.91 Å². The van der Waals surface area contributed by atoms with E-state index in [4.69, 9.17) is 9.47 Å². The van der Waals surface area contributed by atoms with E-state index < -0.39 is 16.1 Å². The van der Waals surface area contributed by atoms with Gasteiger partial charge < -0.3 is 14.4 Å². The highest BCUT2D eigenvalue weighted by Crippen LogP contribution is 2.25. The SMILES string of the molecule is O=C1C[C@@H]([NH+]2CCOCC2)C(=O)N1c1ccc(S(=O)(=O)N2CCOCC2)cc1. The van der Waals surface area contributed by atoms with Gasteiger partial charge >= 0.3 is 0 Å². The van der Waals surface area contributed by atoms with Crippen LogP contribution in [0.2, 0.25) is 0 Å². The van der Waals surface area contributed by atoms with E-state index in [2.05, 4.69) is 0 Å². The van der Waals surface area contributed by atoms with Crippen LogP contribution in [0.4, 0.5) is 5.69 Å². The summed E-state index contributed by atoms with van der Waals surface area (Å²) in [7, 11) is -3.61. The lowest BCUT2D eigenvalue weighted by Crippen LogP contribution is -3.18. The normalized spacial score (nSPS) is 25.4. The number of amides is 2. The highest BCUT2D eigenvalue weighted by atomic mass is 32.2. The Balaban J connectivity index is 1.52. The lowest BCUT2D eigenvalue weighted by atomic mass is 10.2. The van der Waals surface area contributed by atoms with E-state index in [0.29, 0.717) is 58.3 Å². The average molecular weight is 410 g/mol. The van der Waals surface area contributed by atoms with Crippen LogP contribution in [0.5, 0.6) is 0 Å². The van der Waals surface area contributed by atoms with Crippen molar-refractivity contribution in [3.05, 3.63) is 24.3 Å². The zero-order valence-electron chi connectivity index (χ0n) is 15.5. The Morgan fingerprint density at radius 1 is 0.929 bits per heavy atom. The van der Waals surface area contributed by atoms with Crippen molar-refractivity contribution < 1.29 is 32.4 Å². The molecule has 0 unspecified atom stereocenters. The summed E-state index contributed by atoms with van der Waals surface area (Å²) in [6, 6.07) is 5.57. The van der Waals surface area contributed by atoms with E-state index >= 15 is 0 Å². The van der Waals surface area contributed by atoms with Gasteiger partial charge in [0.05, 0.1) is 43.4 Å². The van der Waals surface area contributed by atoms with Crippen LogP contribution in [0, 0.1) is 0 Å². The molecule has 3 fully saturated rings. The quantitative estimate of drug-likeness (QED) is 0.592. The summed E-state index contributed by atoms with van der Waals surface area (Å²) < 4.78 is 37.3. The summed E-state index contributed by atoms with van der Waals surface area (Å²) in [6.07, 6.45) is 0.169. The van der Waals surface area contributed by atoms with Crippen LogP contribution in [0.1, 0.15) is 6.42 Å². The number of hydrogen-bond acceptors (Lipinski definition) is 6. The smallest absolute Gasteiger partial charge is 0.292 e. The van der Waals surface area contributed by atoms with Gasteiger partial charge in [0.2, 0.25) is 15.9 Å². The Labute approximate surface area is 163 Å². The van der Waals surface area contributed by atoms with Crippen LogP contribution < -0.4 is 9.80 Å².